The molecule has 1 aliphatic heterocycles. The van der Waals surface area contributed by atoms with Crippen LogP contribution in [0, 0.1) is 10.1 Å². The van der Waals surface area contributed by atoms with Crippen LogP contribution in [-0.2, 0) is 9.47 Å². The van der Waals surface area contributed by atoms with Gasteiger partial charge in [-0.15, -0.1) is 0 Å². The molecule has 8 nitrogen and oxygen atoms in total. The lowest BCUT2D eigenvalue weighted by Gasteiger charge is -2.33. The van der Waals surface area contributed by atoms with Gasteiger partial charge in [0.15, 0.2) is 5.03 Å². The maximum atomic E-state index is 10.3. The van der Waals surface area contributed by atoms with E-state index in [0.717, 1.165) is 6.42 Å². The van der Waals surface area contributed by atoms with Crippen LogP contribution in [0.1, 0.15) is 6.42 Å². The van der Waals surface area contributed by atoms with Gasteiger partial charge in [0.2, 0.25) is 6.41 Å². The first kappa shape index (κ1) is 11.7. The average Bonchev–Trinajstić information content (AvgIpc) is 2.21. The van der Waals surface area contributed by atoms with Crippen molar-refractivity contribution >= 4 is 5.96 Å². The van der Waals surface area contributed by atoms with E-state index in [1.165, 1.54) is 14.2 Å². The highest BCUT2D eigenvalue weighted by Gasteiger charge is 2.26. The lowest BCUT2D eigenvalue weighted by atomic mass is 10.3. The van der Waals surface area contributed by atoms with E-state index in [2.05, 4.69) is 10.4 Å². The van der Waals surface area contributed by atoms with Crippen molar-refractivity contribution in [1.29, 1.82) is 0 Å². The first-order valence-electron chi connectivity index (χ1n) is 4.48. The molecule has 0 radical (unpaired) electrons. The Kier molecular flexibility index (Phi) is 4.25. The summed E-state index contributed by atoms with van der Waals surface area (Å²) >= 11 is 0. The molecule has 1 rings (SSSR count). The van der Waals surface area contributed by atoms with Crippen LogP contribution < -0.4 is 5.32 Å². The highest BCUT2D eigenvalue weighted by molar-refractivity contribution is 5.80. The van der Waals surface area contributed by atoms with Gasteiger partial charge in [-0.1, -0.05) is 0 Å². The molecule has 0 amide bonds. The molecule has 0 spiro atoms. The van der Waals surface area contributed by atoms with Crippen molar-refractivity contribution in [3.05, 3.63) is 10.1 Å². The number of hydrogen-bond acceptors (Lipinski definition) is 4. The average molecular weight is 218 g/mol. The Morgan fingerprint density at radius 3 is 2.80 bits per heavy atom. The van der Waals surface area contributed by atoms with Crippen molar-refractivity contribution in [3.8, 4) is 0 Å². The summed E-state index contributed by atoms with van der Waals surface area (Å²) < 4.78 is 10.0. The zero-order valence-corrected chi connectivity index (χ0v) is 8.67. The van der Waals surface area contributed by atoms with Crippen LogP contribution in [0.15, 0.2) is 5.10 Å². The Labute approximate surface area is 87.0 Å². The fourth-order valence-electron chi connectivity index (χ4n) is 1.38. The number of guanidine groups is 1. The SMILES string of the molecule is COC(OC)N1CCCN/C1=N/[N+](=O)[O-]. The van der Waals surface area contributed by atoms with Crippen molar-refractivity contribution in [2.75, 3.05) is 27.3 Å². The second-order valence-corrected chi connectivity index (χ2v) is 2.91. The van der Waals surface area contributed by atoms with Crippen LogP contribution in [-0.4, -0.2) is 49.6 Å². The Bertz CT molecular complexity index is 253. The first-order chi connectivity index (χ1) is 7.19. The van der Waals surface area contributed by atoms with E-state index in [1.54, 1.807) is 4.90 Å². The second-order valence-electron chi connectivity index (χ2n) is 2.91. The molecule has 0 aromatic heterocycles. The standard InChI is InChI=1S/C7H14N4O4/c1-14-7(15-2)10-5-3-4-8-6(10)9-11(12)13/h7H,3-5H2,1-2H3,(H,8,9). The van der Waals surface area contributed by atoms with Crippen molar-refractivity contribution in [3.63, 3.8) is 0 Å². The van der Waals surface area contributed by atoms with Crippen LogP contribution in [0.5, 0.6) is 0 Å². The summed E-state index contributed by atoms with van der Waals surface area (Å²) in [6, 6.07) is 0. The minimum atomic E-state index is -0.747. The fourth-order valence-corrected chi connectivity index (χ4v) is 1.38. The van der Waals surface area contributed by atoms with Gasteiger partial charge in [-0.25, -0.2) is 10.1 Å². The van der Waals surface area contributed by atoms with Gasteiger partial charge in [-0.3, -0.25) is 4.90 Å². The molecule has 1 heterocycles. The molecule has 0 aromatic rings. The molecule has 1 aliphatic rings. The molecular weight excluding hydrogens is 204 g/mol. The number of rotatable bonds is 4. The molecule has 8 heteroatoms. The van der Waals surface area contributed by atoms with Gasteiger partial charge in [0, 0.05) is 27.3 Å². The maximum absolute atomic E-state index is 10.3. The molecule has 1 fully saturated rings. The third-order valence-corrected chi connectivity index (χ3v) is 1.97. The molecule has 86 valence electrons. The summed E-state index contributed by atoms with van der Waals surface area (Å²) in [6.45, 7) is 1.26. The minimum absolute atomic E-state index is 0.167. The molecule has 1 N–H and O–H groups in total. The lowest BCUT2D eigenvalue weighted by Crippen LogP contribution is -2.53. The van der Waals surface area contributed by atoms with Gasteiger partial charge in [-0.05, 0) is 6.42 Å². The van der Waals surface area contributed by atoms with E-state index < -0.39 is 11.4 Å². The minimum Gasteiger partial charge on any atom is -0.351 e. The molecule has 15 heavy (non-hydrogen) atoms. The monoisotopic (exact) mass is 218 g/mol. The number of methoxy groups -OCH3 is 2. The lowest BCUT2D eigenvalue weighted by molar-refractivity contribution is -0.486. The number of hydrazone groups is 1. The summed E-state index contributed by atoms with van der Waals surface area (Å²) in [7, 11) is 2.93. The van der Waals surface area contributed by atoms with Crippen molar-refractivity contribution in [1.82, 2.24) is 10.2 Å². The number of nitro groups is 1. The fraction of sp³-hybridized carbons (Fsp3) is 0.857. The van der Waals surface area contributed by atoms with Gasteiger partial charge in [0.05, 0.1) is 0 Å². The van der Waals surface area contributed by atoms with Crippen molar-refractivity contribution in [2.45, 2.75) is 12.8 Å². The zero-order chi connectivity index (χ0) is 11.3. The van der Waals surface area contributed by atoms with E-state index >= 15 is 0 Å². The topological polar surface area (TPSA) is 89.2 Å². The van der Waals surface area contributed by atoms with Gasteiger partial charge in [-0.2, -0.15) is 0 Å². The molecule has 0 unspecified atom stereocenters. The maximum Gasteiger partial charge on any atom is 0.275 e. The van der Waals surface area contributed by atoms with Crippen molar-refractivity contribution in [2.24, 2.45) is 5.10 Å². The van der Waals surface area contributed by atoms with Crippen LogP contribution in [0.25, 0.3) is 0 Å². The third-order valence-electron chi connectivity index (χ3n) is 1.97. The van der Waals surface area contributed by atoms with Crippen LogP contribution >= 0.6 is 0 Å². The molecule has 0 bridgehead atoms. The van der Waals surface area contributed by atoms with Crippen LogP contribution in [0.3, 0.4) is 0 Å². The highest BCUT2D eigenvalue weighted by atomic mass is 16.7. The van der Waals surface area contributed by atoms with E-state index in [0.29, 0.717) is 13.1 Å². The highest BCUT2D eigenvalue weighted by Crippen LogP contribution is 2.07. The Balaban J connectivity index is 2.77. The predicted molar refractivity (Wildman–Crippen MR) is 51.6 cm³/mol. The molecule has 0 atom stereocenters. The smallest absolute Gasteiger partial charge is 0.275 e. The number of hydrogen-bond donors (Lipinski definition) is 1. The summed E-state index contributed by atoms with van der Waals surface area (Å²) in [5.74, 6) is 0.167. The quantitative estimate of drug-likeness (QED) is 0.385. The summed E-state index contributed by atoms with van der Waals surface area (Å²) in [6.07, 6.45) is 0.191. The Hall–Kier alpha value is -1.41. The summed E-state index contributed by atoms with van der Waals surface area (Å²) in [4.78, 5) is 11.8. The Morgan fingerprint density at radius 1 is 1.60 bits per heavy atom. The first-order valence-corrected chi connectivity index (χ1v) is 4.48. The van der Waals surface area contributed by atoms with E-state index in [4.69, 9.17) is 9.47 Å². The number of nitrogens with zero attached hydrogens (tertiary/aromatic N) is 3. The van der Waals surface area contributed by atoms with Gasteiger partial charge in [0.1, 0.15) is 5.10 Å². The normalized spacial score (nSPS) is 19.4. The zero-order valence-electron chi connectivity index (χ0n) is 8.67. The van der Waals surface area contributed by atoms with Crippen LogP contribution in [0.4, 0.5) is 0 Å². The van der Waals surface area contributed by atoms with E-state index in [9.17, 15) is 10.1 Å². The largest absolute Gasteiger partial charge is 0.351 e. The molecule has 0 aliphatic carbocycles. The van der Waals surface area contributed by atoms with Crippen LogP contribution in [0.2, 0.25) is 0 Å². The van der Waals surface area contributed by atoms with Gasteiger partial charge < -0.3 is 14.8 Å². The third kappa shape index (κ3) is 3.03. The predicted octanol–water partition coefficient (Wildman–Crippen LogP) is -0.594. The van der Waals surface area contributed by atoms with E-state index in [1.807, 2.05) is 0 Å². The van der Waals surface area contributed by atoms with E-state index in [-0.39, 0.29) is 5.96 Å². The van der Waals surface area contributed by atoms with Gasteiger partial charge in [0.25, 0.3) is 5.96 Å². The number of nitrogens with one attached hydrogen (secondary N) is 1. The van der Waals surface area contributed by atoms with Crippen molar-refractivity contribution < 1.29 is 14.5 Å². The second kappa shape index (κ2) is 5.47. The molecule has 0 aromatic carbocycles. The summed E-state index contributed by atoms with van der Waals surface area (Å²) in [5.41, 5.74) is 0. The Morgan fingerprint density at radius 2 is 2.27 bits per heavy atom. The summed E-state index contributed by atoms with van der Waals surface area (Å²) in [5, 5.41) is 15.6. The molecule has 1 saturated heterocycles. The molecule has 0 saturated carbocycles. The van der Waals surface area contributed by atoms with Gasteiger partial charge >= 0.3 is 0 Å². The molecular formula is C7H14N4O4. The number of ether oxygens (including phenoxy) is 2.